The highest BCUT2D eigenvalue weighted by Crippen LogP contribution is 2.19. The second-order valence-corrected chi connectivity index (χ2v) is 5.94. The highest BCUT2D eigenvalue weighted by molar-refractivity contribution is 5.93. The van der Waals surface area contributed by atoms with Crippen LogP contribution in [0.25, 0.3) is 0 Å². The maximum atomic E-state index is 12.2. The van der Waals surface area contributed by atoms with Gasteiger partial charge in [-0.2, -0.15) is 0 Å². The molecule has 0 aliphatic carbocycles. The predicted molar refractivity (Wildman–Crippen MR) is 107 cm³/mol. The fraction of sp³-hybridized carbons (Fsp3) is 0.136. The molecule has 27 heavy (non-hydrogen) atoms. The van der Waals surface area contributed by atoms with Gasteiger partial charge in [0.25, 0.3) is 0 Å². The van der Waals surface area contributed by atoms with Crippen LogP contribution in [0.15, 0.2) is 78.9 Å². The fourth-order valence-electron chi connectivity index (χ4n) is 2.53. The third-order valence-corrected chi connectivity index (χ3v) is 3.89. The van der Waals surface area contributed by atoms with Crippen molar-refractivity contribution >= 4 is 17.3 Å². The number of benzene rings is 3. The Bertz CT molecular complexity index is 881. The van der Waals surface area contributed by atoms with Gasteiger partial charge in [0.2, 0.25) is 5.91 Å². The third kappa shape index (κ3) is 5.78. The number of anilines is 2. The molecule has 2 N–H and O–H groups in total. The summed E-state index contributed by atoms with van der Waals surface area (Å²) in [7, 11) is 1.61. The molecule has 1 amide bonds. The van der Waals surface area contributed by atoms with E-state index in [-0.39, 0.29) is 12.5 Å². The smallest absolute Gasteiger partial charge is 0.243 e. The number of ether oxygens (including phenoxy) is 2. The van der Waals surface area contributed by atoms with Crippen LogP contribution in [0, 0.1) is 0 Å². The highest BCUT2D eigenvalue weighted by atomic mass is 16.5. The summed E-state index contributed by atoms with van der Waals surface area (Å²) in [6, 6.07) is 24.8. The third-order valence-electron chi connectivity index (χ3n) is 3.89. The van der Waals surface area contributed by atoms with Gasteiger partial charge in [0.05, 0.1) is 13.7 Å². The van der Waals surface area contributed by atoms with Gasteiger partial charge in [0.15, 0.2) is 0 Å². The summed E-state index contributed by atoms with van der Waals surface area (Å²) in [6.07, 6.45) is 0. The Kier molecular flexibility index (Phi) is 6.30. The molecule has 0 saturated heterocycles. The van der Waals surface area contributed by atoms with Crippen molar-refractivity contribution in [2.75, 3.05) is 24.3 Å². The SMILES string of the molecule is COc1cccc(NCC(=O)Nc2cccc(OCc3ccccc3)c2)c1. The van der Waals surface area contributed by atoms with Crippen LogP contribution in [0.4, 0.5) is 11.4 Å². The second kappa shape index (κ2) is 9.29. The van der Waals surface area contributed by atoms with Crippen LogP contribution in [-0.2, 0) is 11.4 Å². The summed E-state index contributed by atoms with van der Waals surface area (Å²) in [6.45, 7) is 0.637. The van der Waals surface area contributed by atoms with Gasteiger partial charge < -0.3 is 20.1 Å². The maximum Gasteiger partial charge on any atom is 0.243 e. The summed E-state index contributed by atoms with van der Waals surface area (Å²) in [5, 5.41) is 5.94. The summed E-state index contributed by atoms with van der Waals surface area (Å²) in [4.78, 5) is 12.2. The van der Waals surface area contributed by atoms with Crippen molar-refractivity contribution in [2.24, 2.45) is 0 Å². The van der Waals surface area contributed by atoms with Crippen molar-refractivity contribution in [3.63, 3.8) is 0 Å². The molecular weight excluding hydrogens is 340 g/mol. The quantitative estimate of drug-likeness (QED) is 0.626. The van der Waals surface area contributed by atoms with Crippen LogP contribution in [0.2, 0.25) is 0 Å². The minimum atomic E-state index is -0.141. The number of nitrogens with one attached hydrogen (secondary N) is 2. The molecule has 3 rings (SSSR count). The lowest BCUT2D eigenvalue weighted by Crippen LogP contribution is -2.21. The lowest BCUT2D eigenvalue weighted by Gasteiger charge is -2.11. The lowest BCUT2D eigenvalue weighted by atomic mass is 10.2. The van der Waals surface area contributed by atoms with E-state index in [2.05, 4.69) is 10.6 Å². The van der Waals surface area contributed by atoms with E-state index in [0.717, 1.165) is 17.0 Å². The Morgan fingerprint density at radius 2 is 1.56 bits per heavy atom. The topological polar surface area (TPSA) is 59.6 Å². The minimum absolute atomic E-state index is 0.141. The summed E-state index contributed by atoms with van der Waals surface area (Å²) >= 11 is 0. The van der Waals surface area contributed by atoms with Gasteiger partial charge in [0, 0.05) is 23.5 Å². The molecule has 0 saturated carbocycles. The molecule has 0 aromatic heterocycles. The maximum absolute atomic E-state index is 12.2. The van der Waals surface area contributed by atoms with Crippen molar-refractivity contribution in [2.45, 2.75) is 6.61 Å². The van der Waals surface area contributed by atoms with E-state index in [9.17, 15) is 4.79 Å². The molecular formula is C22H22N2O3. The minimum Gasteiger partial charge on any atom is -0.497 e. The molecule has 5 nitrogen and oxygen atoms in total. The number of hydrogen-bond donors (Lipinski definition) is 2. The number of carbonyl (C=O) groups excluding carboxylic acids is 1. The Labute approximate surface area is 158 Å². The first-order valence-electron chi connectivity index (χ1n) is 8.67. The van der Waals surface area contributed by atoms with E-state index >= 15 is 0 Å². The Morgan fingerprint density at radius 3 is 2.33 bits per heavy atom. The summed E-state index contributed by atoms with van der Waals surface area (Å²) < 4.78 is 11.0. The van der Waals surface area contributed by atoms with Crippen LogP contribution < -0.4 is 20.1 Å². The van der Waals surface area contributed by atoms with Crippen LogP contribution in [0.5, 0.6) is 11.5 Å². The summed E-state index contributed by atoms with van der Waals surface area (Å²) in [5.41, 5.74) is 2.61. The van der Waals surface area contributed by atoms with Crippen molar-refractivity contribution in [1.82, 2.24) is 0 Å². The van der Waals surface area contributed by atoms with E-state index in [1.54, 1.807) is 7.11 Å². The van der Waals surface area contributed by atoms with E-state index in [4.69, 9.17) is 9.47 Å². The Balaban J connectivity index is 1.51. The molecule has 0 aliphatic heterocycles. The van der Waals surface area contributed by atoms with Gasteiger partial charge in [-0.1, -0.05) is 42.5 Å². The van der Waals surface area contributed by atoms with Crippen LogP contribution in [-0.4, -0.2) is 19.6 Å². The van der Waals surface area contributed by atoms with E-state index in [1.165, 1.54) is 0 Å². The van der Waals surface area contributed by atoms with Gasteiger partial charge in [-0.25, -0.2) is 0 Å². The van der Waals surface area contributed by atoms with Crippen molar-refractivity contribution in [3.05, 3.63) is 84.4 Å². The number of methoxy groups -OCH3 is 1. The van der Waals surface area contributed by atoms with Crippen LogP contribution in [0.1, 0.15) is 5.56 Å². The highest BCUT2D eigenvalue weighted by Gasteiger charge is 2.04. The van der Waals surface area contributed by atoms with Crippen molar-refractivity contribution in [3.8, 4) is 11.5 Å². The molecule has 0 atom stereocenters. The zero-order valence-electron chi connectivity index (χ0n) is 15.1. The first-order valence-corrected chi connectivity index (χ1v) is 8.67. The van der Waals surface area contributed by atoms with Crippen molar-refractivity contribution in [1.29, 1.82) is 0 Å². The molecule has 0 fully saturated rings. The number of carbonyl (C=O) groups is 1. The molecule has 0 spiro atoms. The van der Waals surface area contributed by atoms with Gasteiger partial charge in [-0.3, -0.25) is 4.79 Å². The van der Waals surface area contributed by atoms with Crippen LogP contribution in [0.3, 0.4) is 0 Å². The molecule has 0 unspecified atom stereocenters. The predicted octanol–water partition coefficient (Wildman–Crippen LogP) is 4.32. The number of hydrogen-bond acceptors (Lipinski definition) is 4. The molecule has 3 aromatic rings. The Morgan fingerprint density at radius 1 is 0.852 bits per heavy atom. The molecule has 0 aliphatic rings. The average Bonchev–Trinajstić information content (AvgIpc) is 2.72. The van der Waals surface area contributed by atoms with Crippen LogP contribution >= 0.6 is 0 Å². The molecule has 0 heterocycles. The fourth-order valence-corrected chi connectivity index (χ4v) is 2.53. The molecule has 0 radical (unpaired) electrons. The van der Waals surface area contributed by atoms with Gasteiger partial charge >= 0.3 is 0 Å². The van der Waals surface area contributed by atoms with Gasteiger partial charge in [0.1, 0.15) is 18.1 Å². The Hall–Kier alpha value is -3.47. The first kappa shape index (κ1) is 18.3. The number of amides is 1. The summed E-state index contributed by atoms with van der Waals surface area (Å²) in [5.74, 6) is 1.30. The zero-order chi connectivity index (χ0) is 18.9. The lowest BCUT2D eigenvalue weighted by molar-refractivity contribution is -0.114. The number of rotatable bonds is 8. The zero-order valence-corrected chi connectivity index (χ0v) is 15.1. The monoisotopic (exact) mass is 362 g/mol. The molecule has 0 bridgehead atoms. The van der Waals surface area contributed by atoms with Crippen molar-refractivity contribution < 1.29 is 14.3 Å². The van der Waals surface area contributed by atoms with Gasteiger partial charge in [-0.15, -0.1) is 0 Å². The molecule has 5 heteroatoms. The molecule has 138 valence electrons. The normalized spacial score (nSPS) is 10.1. The van der Waals surface area contributed by atoms with E-state index < -0.39 is 0 Å². The van der Waals surface area contributed by atoms with E-state index in [1.807, 2.05) is 78.9 Å². The van der Waals surface area contributed by atoms with E-state index in [0.29, 0.717) is 18.0 Å². The first-order chi connectivity index (χ1) is 13.2. The standard InChI is InChI=1S/C22H22N2O3/c1-26-20-11-5-9-18(13-20)23-15-22(25)24-19-10-6-12-21(14-19)27-16-17-7-3-2-4-8-17/h2-14,23H,15-16H2,1H3,(H,24,25). The molecule has 3 aromatic carbocycles. The second-order valence-electron chi connectivity index (χ2n) is 5.94. The van der Waals surface area contributed by atoms with Gasteiger partial charge in [-0.05, 0) is 29.8 Å². The largest absolute Gasteiger partial charge is 0.497 e. The average molecular weight is 362 g/mol.